The largest absolute Gasteiger partial charge is 0.311 e. The van der Waals surface area contributed by atoms with Gasteiger partial charge in [-0.05, 0) is 37.8 Å². The third-order valence-corrected chi connectivity index (χ3v) is 3.96. The smallest absolute Gasteiger partial charge is 0.254 e. The maximum absolute atomic E-state index is 12.5. The van der Waals surface area contributed by atoms with Gasteiger partial charge in [-0.3, -0.25) is 9.69 Å². The number of piperidine rings is 1. The second kappa shape index (κ2) is 7.02. The van der Waals surface area contributed by atoms with E-state index >= 15 is 0 Å². The topological polar surface area (TPSA) is 25.2 Å². The van der Waals surface area contributed by atoms with Crippen LogP contribution >= 0.6 is 0 Å². The van der Waals surface area contributed by atoms with Crippen LogP contribution in [0.3, 0.4) is 0 Å². The molecule has 1 aromatic rings. The maximum atomic E-state index is 12.5. The summed E-state index contributed by atoms with van der Waals surface area (Å²) in [5, 5.41) is 0. The number of halogens is 1. The predicted molar refractivity (Wildman–Crippen MR) is 79.9 cm³/mol. The summed E-state index contributed by atoms with van der Waals surface area (Å²) in [6.45, 7) is 6.16. The van der Waals surface area contributed by atoms with Gasteiger partial charge in [0.05, 0.1) is 0 Å². The molecule has 3 nitrogen and oxygen atoms in total. The molecule has 0 N–H and O–H groups in total. The molecule has 2 heterocycles. The van der Waals surface area contributed by atoms with E-state index < -0.39 is 0 Å². The van der Waals surface area contributed by atoms with Gasteiger partial charge in [0.1, 0.15) is 6.67 Å². The average molecular weight is 280 g/mol. The van der Waals surface area contributed by atoms with E-state index in [1.54, 1.807) is 0 Å². The first-order valence-electron chi connectivity index (χ1n) is 7.60. The van der Waals surface area contributed by atoms with Crippen molar-refractivity contribution in [3.8, 4) is 0 Å². The zero-order valence-electron chi connectivity index (χ0n) is 12.5. The normalized spacial score (nSPS) is 20.5. The third-order valence-electron chi connectivity index (χ3n) is 3.96. The van der Waals surface area contributed by atoms with Crippen molar-refractivity contribution in [3.05, 3.63) is 34.2 Å². The molecule has 0 bridgehead atoms. The van der Waals surface area contributed by atoms with Gasteiger partial charge in [-0.25, -0.2) is 4.39 Å². The predicted octanol–water partition coefficient (Wildman–Crippen LogP) is 2.65. The Balaban J connectivity index is 2.17. The van der Waals surface area contributed by atoms with E-state index in [4.69, 9.17) is 0 Å². The quantitative estimate of drug-likeness (QED) is 0.828. The van der Waals surface area contributed by atoms with E-state index in [1.807, 2.05) is 22.9 Å². The second-order valence-corrected chi connectivity index (χ2v) is 6.13. The Kier molecular flexibility index (Phi) is 5.35. The van der Waals surface area contributed by atoms with Crippen LogP contribution in [0.15, 0.2) is 23.1 Å². The molecule has 1 saturated heterocycles. The number of pyridine rings is 1. The van der Waals surface area contributed by atoms with Crippen LogP contribution in [0.2, 0.25) is 0 Å². The first-order chi connectivity index (χ1) is 9.61. The summed E-state index contributed by atoms with van der Waals surface area (Å²) in [6.07, 6.45) is 4.75. The highest BCUT2D eigenvalue weighted by Crippen LogP contribution is 2.20. The number of hydrogen-bond acceptors (Lipinski definition) is 2. The van der Waals surface area contributed by atoms with E-state index in [0.29, 0.717) is 12.5 Å². The molecule has 20 heavy (non-hydrogen) atoms. The highest BCUT2D eigenvalue weighted by atomic mass is 19.1. The van der Waals surface area contributed by atoms with Gasteiger partial charge in [0.15, 0.2) is 0 Å². The summed E-state index contributed by atoms with van der Waals surface area (Å²) in [5.74, 6) is 0.480. The lowest BCUT2D eigenvalue weighted by Crippen LogP contribution is -2.41. The molecule has 1 fully saturated rings. The Hall–Kier alpha value is -1.16. The number of alkyl halides is 1. The number of likely N-dealkylation sites (tertiary alicyclic amines) is 1. The van der Waals surface area contributed by atoms with Crippen molar-refractivity contribution in [2.75, 3.05) is 26.3 Å². The molecule has 2 rings (SSSR count). The van der Waals surface area contributed by atoms with Crippen LogP contribution in [0.1, 0.15) is 38.3 Å². The van der Waals surface area contributed by atoms with Gasteiger partial charge in [0.25, 0.3) is 5.56 Å². The van der Waals surface area contributed by atoms with E-state index in [1.165, 1.54) is 0 Å². The van der Waals surface area contributed by atoms with Gasteiger partial charge in [0, 0.05) is 30.9 Å². The minimum Gasteiger partial charge on any atom is -0.311 e. The summed E-state index contributed by atoms with van der Waals surface area (Å²) < 4.78 is 14.3. The number of nitrogens with zero attached hydrogens (tertiary/aromatic N) is 2. The molecule has 0 radical (unpaired) electrons. The molecule has 1 aliphatic rings. The number of aromatic nitrogens is 1. The van der Waals surface area contributed by atoms with Crippen LogP contribution in [0.25, 0.3) is 0 Å². The Labute approximate surface area is 120 Å². The van der Waals surface area contributed by atoms with Gasteiger partial charge in [-0.2, -0.15) is 0 Å². The molecule has 1 aromatic heterocycles. The molecule has 0 aliphatic carbocycles. The molecule has 0 amide bonds. The maximum Gasteiger partial charge on any atom is 0.254 e. The van der Waals surface area contributed by atoms with E-state index in [-0.39, 0.29) is 18.3 Å². The van der Waals surface area contributed by atoms with E-state index in [9.17, 15) is 9.18 Å². The van der Waals surface area contributed by atoms with E-state index in [0.717, 1.165) is 37.9 Å². The van der Waals surface area contributed by atoms with Crippen molar-refractivity contribution in [1.82, 2.24) is 9.47 Å². The molecular weight excluding hydrogens is 255 g/mol. The lowest BCUT2D eigenvalue weighted by atomic mass is 10.0. The SMILES string of the molecule is CC(C)Cc1cccn([C@H]2CCCN(CCF)C2)c1=O. The van der Waals surface area contributed by atoms with Crippen molar-refractivity contribution >= 4 is 0 Å². The van der Waals surface area contributed by atoms with Crippen molar-refractivity contribution in [1.29, 1.82) is 0 Å². The highest BCUT2D eigenvalue weighted by molar-refractivity contribution is 5.12. The first-order valence-corrected chi connectivity index (χ1v) is 7.60. The standard InChI is InChI=1S/C16H25FN2O/c1-13(2)11-14-5-3-9-19(16(14)20)15-6-4-8-18(12-15)10-7-17/h3,5,9,13,15H,4,6-8,10-12H2,1-2H3/t15-/m0/s1. The van der Waals surface area contributed by atoms with Crippen LogP contribution in [0.4, 0.5) is 4.39 Å². The van der Waals surface area contributed by atoms with Crippen molar-refractivity contribution < 1.29 is 4.39 Å². The summed E-state index contributed by atoms with van der Waals surface area (Å²) in [6, 6.07) is 4.09. The zero-order valence-corrected chi connectivity index (χ0v) is 12.5. The average Bonchev–Trinajstić information content (AvgIpc) is 2.41. The number of hydrogen-bond donors (Lipinski definition) is 0. The van der Waals surface area contributed by atoms with Crippen molar-refractivity contribution in [3.63, 3.8) is 0 Å². The zero-order chi connectivity index (χ0) is 14.5. The molecule has 4 heteroatoms. The first kappa shape index (κ1) is 15.2. The monoisotopic (exact) mass is 280 g/mol. The molecule has 112 valence electrons. The van der Waals surface area contributed by atoms with Gasteiger partial charge in [-0.15, -0.1) is 0 Å². The van der Waals surface area contributed by atoms with Gasteiger partial charge in [-0.1, -0.05) is 19.9 Å². The van der Waals surface area contributed by atoms with Gasteiger partial charge < -0.3 is 4.57 Å². The molecule has 0 spiro atoms. The van der Waals surface area contributed by atoms with E-state index in [2.05, 4.69) is 18.7 Å². The molecule has 0 saturated carbocycles. The summed E-state index contributed by atoms with van der Waals surface area (Å²) in [4.78, 5) is 14.7. The van der Waals surface area contributed by atoms with Crippen LogP contribution in [-0.4, -0.2) is 35.8 Å². The third kappa shape index (κ3) is 3.69. The van der Waals surface area contributed by atoms with Crippen molar-refractivity contribution in [2.24, 2.45) is 5.92 Å². The molecular formula is C16H25FN2O. The molecule has 1 aliphatic heterocycles. The molecule has 0 aromatic carbocycles. The van der Waals surface area contributed by atoms with Crippen LogP contribution in [0, 0.1) is 5.92 Å². The summed E-state index contributed by atoms with van der Waals surface area (Å²) >= 11 is 0. The molecule has 1 atom stereocenters. The molecule has 0 unspecified atom stereocenters. The fraction of sp³-hybridized carbons (Fsp3) is 0.688. The fourth-order valence-electron chi connectivity index (χ4n) is 3.02. The minimum atomic E-state index is -0.311. The Morgan fingerprint density at radius 2 is 2.25 bits per heavy atom. The Morgan fingerprint density at radius 3 is 2.95 bits per heavy atom. The van der Waals surface area contributed by atoms with Crippen LogP contribution in [-0.2, 0) is 6.42 Å². The van der Waals surface area contributed by atoms with Crippen molar-refractivity contribution in [2.45, 2.75) is 39.2 Å². The lowest BCUT2D eigenvalue weighted by Gasteiger charge is -2.33. The number of rotatable bonds is 5. The van der Waals surface area contributed by atoms with Gasteiger partial charge >= 0.3 is 0 Å². The summed E-state index contributed by atoms with van der Waals surface area (Å²) in [7, 11) is 0. The Bertz CT molecular complexity index is 482. The second-order valence-electron chi connectivity index (χ2n) is 6.13. The Morgan fingerprint density at radius 1 is 1.45 bits per heavy atom. The highest BCUT2D eigenvalue weighted by Gasteiger charge is 2.22. The minimum absolute atomic E-state index is 0.133. The summed E-state index contributed by atoms with van der Waals surface area (Å²) in [5.41, 5.74) is 1.03. The fourth-order valence-corrected chi connectivity index (χ4v) is 3.02. The van der Waals surface area contributed by atoms with Crippen LogP contribution in [0.5, 0.6) is 0 Å². The van der Waals surface area contributed by atoms with Gasteiger partial charge in [0.2, 0.25) is 0 Å². The van der Waals surface area contributed by atoms with Crippen LogP contribution < -0.4 is 5.56 Å². The lowest BCUT2D eigenvalue weighted by molar-refractivity contribution is 0.164.